The molecule has 0 spiro atoms. The van der Waals surface area contributed by atoms with E-state index in [2.05, 4.69) is 49.2 Å². The number of hydrogen-bond acceptors (Lipinski definition) is 8. The average molecular weight is 552 g/mol. The number of carbonyl (C=O) groups excluding carboxylic acids is 1. The molecule has 10 heteroatoms. The summed E-state index contributed by atoms with van der Waals surface area (Å²) in [5.41, 5.74) is 7.05. The van der Waals surface area contributed by atoms with Crippen molar-refractivity contribution in [3.63, 3.8) is 0 Å². The van der Waals surface area contributed by atoms with E-state index in [9.17, 15) is 13.2 Å². The minimum Gasteiger partial charge on any atom is -0.494 e. The summed E-state index contributed by atoms with van der Waals surface area (Å²) in [6.45, 7) is 11.9. The molecule has 1 amide bonds. The Kier molecular flexibility index (Phi) is 8.15. The maximum Gasteiger partial charge on any atom is 0.281 e. The minimum absolute atomic E-state index is 0.0398. The van der Waals surface area contributed by atoms with Crippen LogP contribution in [0.2, 0.25) is 0 Å². The topological polar surface area (TPSA) is 128 Å². The number of ether oxygens (including phenoxy) is 1. The second-order valence-electron chi connectivity index (χ2n) is 11.2. The molecule has 1 aliphatic rings. The highest BCUT2D eigenvalue weighted by Crippen LogP contribution is 2.38. The minimum atomic E-state index is -4.27. The smallest absolute Gasteiger partial charge is 0.281 e. The first-order valence-electron chi connectivity index (χ1n) is 13.2. The Morgan fingerprint density at radius 2 is 1.92 bits per heavy atom. The number of nitrogens with zero attached hydrogens (tertiary/aromatic N) is 3. The third-order valence-corrected chi connectivity index (χ3v) is 8.05. The zero-order valence-corrected chi connectivity index (χ0v) is 24.0. The van der Waals surface area contributed by atoms with Gasteiger partial charge in [-0.1, -0.05) is 39.0 Å². The number of nitrogens with two attached hydrogens (primary N) is 1. The van der Waals surface area contributed by atoms with Crippen LogP contribution < -0.4 is 20.1 Å². The van der Waals surface area contributed by atoms with Crippen LogP contribution in [0.25, 0.3) is 11.1 Å². The van der Waals surface area contributed by atoms with E-state index in [1.165, 1.54) is 18.2 Å². The highest BCUT2D eigenvalue weighted by atomic mass is 32.2. The normalized spacial score (nSPS) is 16.9. The van der Waals surface area contributed by atoms with E-state index in [1.54, 1.807) is 12.3 Å². The van der Waals surface area contributed by atoms with E-state index in [1.807, 2.05) is 24.3 Å². The lowest BCUT2D eigenvalue weighted by atomic mass is 9.97. The Hall–Kier alpha value is -3.66. The molecule has 0 aliphatic carbocycles. The predicted octanol–water partition coefficient (Wildman–Crippen LogP) is 4.89. The number of rotatable bonds is 9. The van der Waals surface area contributed by atoms with Crippen LogP contribution in [-0.2, 0) is 10.0 Å². The van der Waals surface area contributed by atoms with Gasteiger partial charge >= 0.3 is 0 Å². The number of anilines is 2. The Bertz CT molecular complexity index is 1460. The molecule has 1 fully saturated rings. The van der Waals surface area contributed by atoms with Gasteiger partial charge in [-0.25, -0.2) is 14.7 Å². The summed E-state index contributed by atoms with van der Waals surface area (Å²) in [6, 6.07) is 13.5. The standard InChI is InChI=1S/C29H37N5O4S/c1-19(2)12-13-38-23-9-6-8-21(14-23)22-15-24(27(31-17-22)34-18-20(3)16-29(34,4)5)28(35)33-39(36,37)26-11-7-10-25(30)32-26/h6-11,14-15,17,19-20H,12-13,16,18H2,1-5H3,(H2,30,32)(H,33,35). The third-order valence-electron chi connectivity index (χ3n) is 6.82. The van der Waals surface area contributed by atoms with E-state index < -0.39 is 15.9 Å². The van der Waals surface area contributed by atoms with Crippen LogP contribution in [0.4, 0.5) is 11.6 Å². The largest absolute Gasteiger partial charge is 0.494 e. The zero-order chi connectivity index (χ0) is 28.4. The summed E-state index contributed by atoms with van der Waals surface area (Å²) in [5.74, 6) is 1.32. The van der Waals surface area contributed by atoms with Crippen LogP contribution in [0.1, 0.15) is 57.8 Å². The molecule has 2 aromatic heterocycles. The van der Waals surface area contributed by atoms with Gasteiger partial charge in [0, 0.05) is 23.8 Å². The second kappa shape index (κ2) is 11.2. The van der Waals surface area contributed by atoms with Crippen LogP contribution >= 0.6 is 0 Å². The quantitative estimate of drug-likeness (QED) is 0.385. The molecule has 1 atom stereocenters. The van der Waals surface area contributed by atoms with Gasteiger partial charge in [0.15, 0.2) is 5.03 Å². The Labute approximate surface area is 230 Å². The van der Waals surface area contributed by atoms with Gasteiger partial charge in [-0.15, -0.1) is 0 Å². The fourth-order valence-electron chi connectivity index (χ4n) is 4.94. The molecule has 3 aromatic rings. The average Bonchev–Trinajstić information content (AvgIpc) is 3.14. The Morgan fingerprint density at radius 3 is 2.59 bits per heavy atom. The van der Waals surface area contributed by atoms with Crippen molar-refractivity contribution in [2.75, 3.05) is 23.8 Å². The SMILES string of the molecule is CC(C)CCOc1cccc(-c2cnc(N3CC(C)CC3(C)C)c(C(=O)NS(=O)(=O)c3cccc(N)n3)c2)c1. The number of hydrogen-bond donors (Lipinski definition) is 2. The molecule has 1 saturated heterocycles. The Morgan fingerprint density at radius 1 is 1.18 bits per heavy atom. The van der Waals surface area contributed by atoms with Crippen molar-refractivity contribution in [2.45, 2.75) is 58.0 Å². The van der Waals surface area contributed by atoms with E-state index in [-0.39, 0.29) is 21.9 Å². The first-order chi connectivity index (χ1) is 18.4. The summed E-state index contributed by atoms with van der Waals surface area (Å²) in [6.07, 6.45) is 3.57. The maximum atomic E-state index is 13.6. The summed E-state index contributed by atoms with van der Waals surface area (Å²) in [5, 5.41) is -0.331. The number of carbonyl (C=O) groups is 1. The molecule has 1 unspecified atom stereocenters. The second-order valence-corrected chi connectivity index (χ2v) is 12.9. The third kappa shape index (κ3) is 6.68. The zero-order valence-electron chi connectivity index (χ0n) is 23.1. The van der Waals surface area contributed by atoms with Crippen LogP contribution in [-0.4, -0.2) is 43.0 Å². The monoisotopic (exact) mass is 551 g/mol. The molecule has 0 radical (unpaired) electrons. The number of benzene rings is 1. The summed E-state index contributed by atoms with van der Waals surface area (Å²) in [7, 11) is -4.27. The van der Waals surface area contributed by atoms with Gasteiger partial charge in [-0.3, -0.25) is 4.79 Å². The molecule has 4 rings (SSSR count). The van der Waals surface area contributed by atoms with Crippen molar-refractivity contribution in [3.8, 4) is 16.9 Å². The first kappa shape index (κ1) is 28.4. The van der Waals surface area contributed by atoms with Gasteiger partial charge < -0.3 is 15.4 Å². The van der Waals surface area contributed by atoms with Gasteiger partial charge in [-0.05, 0) is 74.4 Å². The highest BCUT2D eigenvalue weighted by Gasteiger charge is 2.39. The van der Waals surface area contributed by atoms with Gasteiger partial charge in [0.05, 0.1) is 12.2 Å². The van der Waals surface area contributed by atoms with Crippen molar-refractivity contribution in [3.05, 3.63) is 60.3 Å². The number of amides is 1. The molecule has 3 heterocycles. The van der Waals surface area contributed by atoms with Crippen LogP contribution in [0.15, 0.2) is 59.8 Å². The van der Waals surface area contributed by atoms with Crippen LogP contribution in [0.5, 0.6) is 5.75 Å². The maximum absolute atomic E-state index is 13.6. The van der Waals surface area contributed by atoms with E-state index in [4.69, 9.17) is 15.5 Å². The van der Waals surface area contributed by atoms with Crippen molar-refractivity contribution < 1.29 is 17.9 Å². The molecular weight excluding hydrogens is 514 g/mol. The van der Waals surface area contributed by atoms with E-state index in [0.29, 0.717) is 42.1 Å². The number of sulfonamides is 1. The van der Waals surface area contributed by atoms with Crippen LogP contribution in [0.3, 0.4) is 0 Å². The molecule has 208 valence electrons. The molecular formula is C29H37N5O4S. The number of aromatic nitrogens is 2. The van der Waals surface area contributed by atoms with Crippen LogP contribution in [0, 0.1) is 11.8 Å². The van der Waals surface area contributed by atoms with Gasteiger partial charge in [0.1, 0.15) is 17.4 Å². The van der Waals surface area contributed by atoms with Crippen molar-refractivity contribution in [2.24, 2.45) is 11.8 Å². The molecule has 3 N–H and O–H groups in total. The Balaban J connectivity index is 1.72. The highest BCUT2D eigenvalue weighted by molar-refractivity contribution is 7.90. The summed E-state index contributed by atoms with van der Waals surface area (Å²) < 4.78 is 34.1. The predicted molar refractivity (Wildman–Crippen MR) is 153 cm³/mol. The fourth-order valence-corrected chi connectivity index (χ4v) is 5.89. The molecule has 0 bridgehead atoms. The van der Waals surface area contributed by atoms with Gasteiger partial charge in [0.25, 0.3) is 15.9 Å². The van der Waals surface area contributed by atoms with Gasteiger partial charge in [0.2, 0.25) is 0 Å². The molecule has 1 aromatic carbocycles. The lowest BCUT2D eigenvalue weighted by Crippen LogP contribution is -2.41. The molecule has 1 aliphatic heterocycles. The van der Waals surface area contributed by atoms with Crippen molar-refractivity contribution in [1.29, 1.82) is 0 Å². The van der Waals surface area contributed by atoms with Gasteiger partial charge in [-0.2, -0.15) is 8.42 Å². The lowest BCUT2D eigenvalue weighted by Gasteiger charge is -2.33. The first-order valence-corrected chi connectivity index (χ1v) is 14.6. The van der Waals surface area contributed by atoms with Crippen molar-refractivity contribution in [1.82, 2.24) is 14.7 Å². The molecule has 9 nitrogen and oxygen atoms in total. The molecule has 39 heavy (non-hydrogen) atoms. The number of pyridine rings is 2. The number of nitrogen functional groups attached to an aromatic ring is 1. The summed E-state index contributed by atoms with van der Waals surface area (Å²) in [4.78, 5) is 24.3. The van der Waals surface area contributed by atoms with Crippen molar-refractivity contribution >= 4 is 27.6 Å². The van der Waals surface area contributed by atoms with E-state index in [0.717, 1.165) is 18.4 Å². The summed E-state index contributed by atoms with van der Waals surface area (Å²) >= 11 is 0. The molecule has 0 saturated carbocycles. The lowest BCUT2D eigenvalue weighted by molar-refractivity contribution is 0.0981. The number of nitrogens with one attached hydrogen (secondary N) is 1. The fraction of sp³-hybridized carbons (Fsp3) is 0.414. The van der Waals surface area contributed by atoms with E-state index >= 15 is 0 Å².